The molecular weight excluding hydrogens is 340 g/mol. The van der Waals surface area contributed by atoms with Crippen LogP contribution in [-0.4, -0.2) is 5.11 Å². The Morgan fingerprint density at radius 1 is 0.750 bits per heavy atom. The maximum absolute atomic E-state index is 10.5. The summed E-state index contributed by atoms with van der Waals surface area (Å²) in [6.07, 6.45) is 8.87. The molecule has 2 aliphatic carbocycles. The topological polar surface area (TPSA) is 20.2 Å². The minimum absolute atomic E-state index is 0.201. The number of hydrogen-bond donors (Lipinski definition) is 1. The van der Waals surface area contributed by atoms with Crippen molar-refractivity contribution in [2.75, 3.05) is 0 Å². The largest absolute Gasteiger partial charge is 0.507 e. The van der Waals surface area contributed by atoms with E-state index in [1.165, 1.54) is 32.7 Å². The lowest BCUT2D eigenvalue weighted by Gasteiger charge is -2.21. The Kier molecular flexibility index (Phi) is 3.15. The van der Waals surface area contributed by atoms with E-state index in [1.54, 1.807) is 6.07 Å². The van der Waals surface area contributed by atoms with Gasteiger partial charge in [0.15, 0.2) is 0 Å². The van der Waals surface area contributed by atoms with Crippen molar-refractivity contribution in [3.63, 3.8) is 0 Å². The minimum atomic E-state index is 0.201. The Hall–Kier alpha value is -3.58. The SMILES string of the molecule is Oc1cccc2ccc3c(c12)=CC1=CC=CC(c2cccc4ccccc24)C=31. The molecule has 6 rings (SSSR count). The van der Waals surface area contributed by atoms with E-state index in [4.69, 9.17) is 0 Å². The Bertz CT molecular complexity index is 1460. The van der Waals surface area contributed by atoms with Gasteiger partial charge < -0.3 is 5.11 Å². The van der Waals surface area contributed by atoms with Crippen LogP contribution >= 0.6 is 0 Å². The van der Waals surface area contributed by atoms with Gasteiger partial charge in [-0.1, -0.05) is 85.0 Å². The van der Waals surface area contributed by atoms with Crippen molar-refractivity contribution in [2.45, 2.75) is 5.92 Å². The molecule has 0 spiro atoms. The summed E-state index contributed by atoms with van der Waals surface area (Å²) in [7, 11) is 0. The van der Waals surface area contributed by atoms with Crippen LogP contribution in [0.15, 0.2) is 96.6 Å². The molecule has 28 heavy (non-hydrogen) atoms. The number of phenolic OH excluding ortho intramolecular Hbond substituents is 1. The summed E-state index contributed by atoms with van der Waals surface area (Å²) in [6.45, 7) is 0. The maximum atomic E-state index is 10.5. The second-order valence-corrected chi connectivity index (χ2v) is 7.51. The number of fused-ring (bicyclic) bond motifs is 5. The lowest BCUT2D eigenvalue weighted by atomic mass is 9.82. The molecule has 0 radical (unpaired) electrons. The van der Waals surface area contributed by atoms with E-state index >= 15 is 0 Å². The molecule has 0 saturated heterocycles. The monoisotopic (exact) mass is 358 g/mol. The summed E-state index contributed by atoms with van der Waals surface area (Å²) < 4.78 is 0. The van der Waals surface area contributed by atoms with Crippen LogP contribution in [0.1, 0.15) is 11.5 Å². The molecule has 0 bridgehead atoms. The first-order valence-corrected chi connectivity index (χ1v) is 9.64. The molecule has 132 valence electrons. The molecule has 4 aromatic carbocycles. The highest BCUT2D eigenvalue weighted by atomic mass is 16.3. The second-order valence-electron chi connectivity index (χ2n) is 7.51. The highest BCUT2D eigenvalue weighted by molar-refractivity contribution is 5.98. The minimum Gasteiger partial charge on any atom is -0.507 e. The normalized spacial score (nSPS) is 17.4. The zero-order valence-corrected chi connectivity index (χ0v) is 15.3. The molecule has 1 atom stereocenters. The molecule has 2 aliphatic rings. The molecule has 0 fully saturated rings. The molecule has 1 N–H and O–H groups in total. The van der Waals surface area contributed by atoms with Crippen LogP contribution in [0.3, 0.4) is 0 Å². The summed E-state index contributed by atoms with van der Waals surface area (Å²) in [5, 5.41) is 17.5. The molecule has 1 heteroatoms. The smallest absolute Gasteiger partial charge is 0.124 e. The molecule has 1 unspecified atom stereocenters. The van der Waals surface area contributed by atoms with E-state index in [9.17, 15) is 5.11 Å². The summed E-state index contributed by atoms with van der Waals surface area (Å²) in [5.41, 5.74) is 3.90. The van der Waals surface area contributed by atoms with Gasteiger partial charge in [-0.3, -0.25) is 0 Å². The molecule has 0 aromatic heterocycles. The number of hydrogen-bond acceptors (Lipinski definition) is 1. The van der Waals surface area contributed by atoms with Crippen LogP contribution in [0.25, 0.3) is 33.2 Å². The van der Waals surface area contributed by atoms with Crippen molar-refractivity contribution in [3.05, 3.63) is 113 Å². The van der Waals surface area contributed by atoms with E-state index < -0.39 is 0 Å². The van der Waals surface area contributed by atoms with Crippen LogP contribution in [0, 0.1) is 0 Å². The first-order valence-electron chi connectivity index (χ1n) is 9.64. The molecular formula is C27H18O. The number of allylic oxidation sites excluding steroid dienone is 4. The van der Waals surface area contributed by atoms with Crippen molar-refractivity contribution in [1.82, 2.24) is 0 Å². The Morgan fingerprint density at radius 3 is 2.54 bits per heavy atom. The van der Waals surface area contributed by atoms with Gasteiger partial charge in [0.05, 0.1) is 0 Å². The van der Waals surface area contributed by atoms with Gasteiger partial charge in [-0.2, -0.15) is 0 Å². The van der Waals surface area contributed by atoms with Crippen LogP contribution in [0.2, 0.25) is 0 Å². The van der Waals surface area contributed by atoms with Crippen molar-refractivity contribution in [1.29, 1.82) is 0 Å². The summed E-state index contributed by atoms with van der Waals surface area (Å²) >= 11 is 0. The fourth-order valence-electron chi connectivity index (χ4n) is 4.79. The predicted octanol–water partition coefficient (Wildman–Crippen LogP) is 4.92. The van der Waals surface area contributed by atoms with E-state index in [-0.39, 0.29) is 5.92 Å². The van der Waals surface area contributed by atoms with Gasteiger partial charge in [-0.05, 0) is 55.4 Å². The van der Waals surface area contributed by atoms with E-state index in [0.717, 1.165) is 16.0 Å². The van der Waals surface area contributed by atoms with Crippen LogP contribution < -0.4 is 10.4 Å². The number of benzene rings is 4. The van der Waals surface area contributed by atoms with Crippen LogP contribution in [0.5, 0.6) is 5.75 Å². The zero-order chi connectivity index (χ0) is 18.7. The quantitative estimate of drug-likeness (QED) is 0.512. The fraction of sp³-hybridized carbons (Fsp3) is 0.0370. The zero-order valence-electron chi connectivity index (χ0n) is 15.3. The molecule has 4 aromatic rings. The highest BCUT2D eigenvalue weighted by Gasteiger charge is 2.25. The lowest BCUT2D eigenvalue weighted by Crippen LogP contribution is -2.25. The van der Waals surface area contributed by atoms with Crippen molar-refractivity contribution in [3.8, 4) is 5.75 Å². The van der Waals surface area contributed by atoms with Crippen LogP contribution in [0.4, 0.5) is 0 Å². The number of rotatable bonds is 1. The molecule has 0 aliphatic heterocycles. The Morgan fingerprint density at radius 2 is 1.57 bits per heavy atom. The van der Waals surface area contributed by atoms with Crippen molar-refractivity contribution in [2.24, 2.45) is 0 Å². The van der Waals surface area contributed by atoms with Gasteiger partial charge in [-0.15, -0.1) is 0 Å². The second kappa shape index (κ2) is 5.71. The Balaban J connectivity index is 1.71. The van der Waals surface area contributed by atoms with Crippen molar-refractivity contribution < 1.29 is 5.11 Å². The molecule has 0 saturated carbocycles. The number of aromatic hydroxyl groups is 1. The van der Waals surface area contributed by atoms with E-state index in [0.29, 0.717) is 5.75 Å². The highest BCUT2D eigenvalue weighted by Crippen LogP contribution is 2.39. The maximum Gasteiger partial charge on any atom is 0.124 e. The predicted molar refractivity (Wildman–Crippen MR) is 117 cm³/mol. The van der Waals surface area contributed by atoms with Crippen molar-refractivity contribution >= 4 is 33.2 Å². The summed E-state index contributed by atoms with van der Waals surface area (Å²) in [4.78, 5) is 0. The third-order valence-electron chi connectivity index (χ3n) is 6.01. The van der Waals surface area contributed by atoms with Gasteiger partial charge in [0.2, 0.25) is 0 Å². The van der Waals surface area contributed by atoms with Gasteiger partial charge >= 0.3 is 0 Å². The third-order valence-corrected chi connectivity index (χ3v) is 6.01. The Labute approximate surface area is 162 Å². The van der Waals surface area contributed by atoms with E-state index in [1.807, 2.05) is 6.07 Å². The number of phenols is 1. The average molecular weight is 358 g/mol. The van der Waals surface area contributed by atoms with Gasteiger partial charge in [-0.25, -0.2) is 0 Å². The fourth-order valence-corrected chi connectivity index (χ4v) is 4.79. The summed E-state index contributed by atoms with van der Waals surface area (Å²) in [6, 6.07) is 25.2. The standard InChI is InChI=1S/C27H18O/c28-25-13-5-8-18-14-15-23-24(27(18)25)16-19-9-4-12-22(26(19)23)21-11-3-7-17-6-1-2-10-20(17)21/h1-16,22,28H. The van der Waals surface area contributed by atoms with Crippen LogP contribution in [-0.2, 0) is 0 Å². The molecule has 1 nitrogen and oxygen atoms in total. The van der Waals surface area contributed by atoms with Gasteiger partial charge in [0, 0.05) is 11.3 Å². The average Bonchev–Trinajstić information content (AvgIpc) is 3.12. The molecule has 0 amide bonds. The lowest BCUT2D eigenvalue weighted by molar-refractivity contribution is 0.481. The van der Waals surface area contributed by atoms with Gasteiger partial charge in [0.1, 0.15) is 5.75 Å². The molecule has 0 heterocycles. The first-order chi connectivity index (χ1) is 13.8. The third kappa shape index (κ3) is 2.07. The van der Waals surface area contributed by atoms with E-state index in [2.05, 4.69) is 85.0 Å². The summed E-state index contributed by atoms with van der Waals surface area (Å²) in [5.74, 6) is 0.548. The first kappa shape index (κ1) is 15.5. The van der Waals surface area contributed by atoms with Gasteiger partial charge in [0.25, 0.3) is 0 Å².